The highest BCUT2D eigenvalue weighted by Gasteiger charge is 2.14. The number of hydrogen-bond acceptors (Lipinski definition) is 2. The van der Waals surface area contributed by atoms with E-state index in [-0.39, 0.29) is 10.8 Å². The van der Waals surface area contributed by atoms with E-state index in [0.717, 1.165) is 9.14 Å². The number of halogens is 1. The third-order valence-corrected chi connectivity index (χ3v) is 4.92. The molecule has 2 rings (SSSR count). The second-order valence-corrected chi connectivity index (χ2v) is 6.88. The molecule has 0 heterocycles. The van der Waals surface area contributed by atoms with E-state index in [1.807, 2.05) is 25.2 Å². The maximum absolute atomic E-state index is 12.0. The van der Waals surface area contributed by atoms with Gasteiger partial charge in [0.2, 0.25) is 0 Å². The molecule has 0 aliphatic heterocycles. The predicted molar refractivity (Wildman–Crippen MR) is 81.6 cm³/mol. The van der Waals surface area contributed by atoms with Gasteiger partial charge in [-0.3, -0.25) is 0 Å². The molecular formula is C13H12INO2S. The van der Waals surface area contributed by atoms with Crippen LogP contribution in [0.15, 0.2) is 55.4 Å². The fourth-order valence-electron chi connectivity index (χ4n) is 1.51. The SMILES string of the molecule is Cc1ccc(S(=O)(=O)/N=C/C2C=CC=C2I)cc1. The van der Waals surface area contributed by atoms with Gasteiger partial charge in [-0.25, -0.2) is 0 Å². The van der Waals surface area contributed by atoms with Crippen molar-refractivity contribution in [3.8, 4) is 0 Å². The lowest BCUT2D eigenvalue weighted by molar-refractivity contribution is 0.598. The third kappa shape index (κ3) is 3.08. The Morgan fingerprint density at radius 3 is 2.50 bits per heavy atom. The molecule has 0 N–H and O–H groups in total. The molecule has 94 valence electrons. The lowest BCUT2D eigenvalue weighted by atomic mass is 10.2. The van der Waals surface area contributed by atoms with Crippen LogP contribution in [0.25, 0.3) is 0 Å². The summed E-state index contributed by atoms with van der Waals surface area (Å²) in [6, 6.07) is 6.68. The van der Waals surface area contributed by atoms with Gasteiger partial charge >= 0.3 is 0 Å². The van der Waals surface area contributed by atoms with Crippen LogP contribution in [0.1, 0.15) is 5.56 Å². The van der Waals surface area contributed by atoms with Crippen LogP contribution in [0.5, 0.6) is 0 Å². The number of allylic oxidation sites excluding steroid dienone is 4. The fraction of sp³-hybridized carbons (Fsp3) is 0.154. The van der Waals surface area contributed by atoms with Gasteiger partial charge in [0.1, 0.15) is 0 Å². The summed E-state index contributed by atoms with van der Waals surface area (Å²) in [6.07, 6.45) is 7.22. The smallest absolute Gasteiger partial charge is 0.199 e. The lowest BCUT2D eigenvalue weighted by Gasteiger charge is -2.02. The van der Waals surface area contributed by atoms with Crippen molar-refractivity contribution < 1.29 is 8.42 Å². The Morgan fingerprint density at radius 1 is 1.28 bits per heavy atom. The zero-order valence-corrected chi connectivity index (χ0v) is 12.7. The van der Waals surface area contributed by atoms with Gasteiger partial charge in [-0.05, 0) is 41.6 Å². The van der Waals surface area contributed by atoms with E-state index in [2.05, 4.69) is 27.0 Å². The predicted octanol–water partition coefficient (Wildman–Crippen LogP) is 3.26. The van der Waals surface area contributed by atoms with Gasteiger partial charge in [-0.2, -0.15) is 12.8 Å². The van der Waals surface area contributed by atoms with Crippen LogP contribution < -0.4 is 0 Å². The van der Waals surface area contributed by atoms with Gasteiger partial charge in [0, 0.05) is 15.7 Å². The van der Waals surface area contributed by atoms with Crippen molar-refractivity contribution in [2.45, 2.75) is 11.8 Å². The monoisotopic (exact) mass is 373 g/mol. The van der Waals surface area contributed by atoms with Gasteiger partial charge in [0.05, 0.1) is 4.90 Å². The molecule has 1 aliphatic rings. The van der Waals surface area contributed by atoms with Gasteiger partial charge in [-0.1, -0.05) is 35.9 Å². The molecule has 0 aromatic heterocycles. The Bertz CT molecular complexity index is 627. The summed E-state index contributed by atoms with van der Waals surface area (Å²) < 4.78 is 28.7. The minimum Gasteiger partial charge on any atom is -0.199 e. The number of hydrogen-bond donors (Lipinski definition) is 0. The number of sulfonamides is 1. The van der Waals surface area contributed by atoms with E-state index in [1.165, 1.54) is 6.21 Å². The topological polar surface area (TPSA) is 46.5 Å². The summed E-state index contributed by atoms with van der Waals surface area (Å²) in [5, 5.41) is 0. The number of benzene rings is 1. The van der Waals surface area contributed by atoms with Gasteiger partial charge < -0.3 is 0 Å². The van der Waals surface area contributed by atoms with Gasteiger partial charge in [0.25, 0.3) is 10.0 Å². The molecule has 1 aromatic rings. The van der Waals surface area contributed by atoms with E-state index in [9.17, 15) is 8.42 Å². The quantitative estimate of drug-likeness (QED) is 0.603. The molecule has 1 aliphatic carbocycles. The molecule has 0 radical (unpaired) electrons. The van der Waals surface area contributed by atoms with Crippen LogP contribution in [0.2, 0.25) is 0 Å². The maximum atomic E-state index is 12.0. The fourth-order valence-corrected chi connectivity index (χ4v) is 2.98. The van der Waals surface area contributed by atoms with Crippen molar-refractivity contribution in [1.29, 1.82) is 0 Å². The number of nitrogens with zero attached hydrogens (tertiary/aromatic N) is 1. The molecule has 0 saturated carbocycles. The maximum Gasteiger partial charge on any atom is 0.281 e. The minimum atomic E-state index is -3.58. The first kappa shape index (κ1) is 13.5. The minimum absolute atomic E-state index is 0.0224. The Morgan fingerprint density at radius 2 is 1.94 bits per heavy atom. The Kier molecular flexibility index (Phi) is 4.01. The van der Waals surface area contributed by atoms with Gasteiger partial charge in [-0.15, -0.1) is 0 Å². The second kappa shape index (κ2) is 5.36. The molecule has 0 fully saturated rings. The summed E-state index contributed by atoms with van der Waals surface area (Å²) in [5.74, 6) is -0.0224. The molecule has 1 atom stereocenters. The molecule has 0 spiro atoms. The van der Waals surface area contributed by atoms with Crippen molar-refractivity contribution in [1.82, 2.24) is 0 Å². The number of aryl methyl sites for hydroxylation is 1. The van der Waals surface area contributed by atoms with Crippen LogP contribution in [0, 0.1) is 12.8 Å². The summed E-state index contributed by atoms with van der Waals surface area (Å²) in [6.45, 7) is 1.91. The summed E-state index contributed by atoms with van der Waals surface area (Å²) in [5.41, 5.74) is 1.02. The van der Waals surface area contributed by atoms with Crippen LogP contribution in [-0.4, -0.2) is 14.6 Å². The highest BCUT2D eigenvalue weighted by Crippen LogP contribution is 2.24. The zero-order chi connectivity index (χ0) is 13.2. The molecule has 0 bridgehead atoms. The molecule has 0 amide bonds. The average Bonchev–Trinajstić information content (AvgIpc) is 2.73. The van der Waals surface area contributed by atoms with Crippen molar-refractivity contribution in [3.05, 3.63) is 51.6 Å². The van der Waals surface area contributed by atoms with Crippen molar-refractivity contribution >= 4 is 38.8 Å². The first-order valence-corrected chi connectivity index (χ1v) is 7.92. The molecule has 1 unspecified atom stereocenters. The highest BCUT2D eigenvalue weighted by molar-refractivity contribution is 14.1. The Hall–Kier alpha value is -0.950. The molecule has 5 heteroatoms. The largest absolute Gasteiger partial charge is 0.281 e. The zero-order valence-electron chi connectivity index (χ0n) is 9.75. The average molecular weight is 373 g/mol. The van der Waals surface area contributed by atoms with E-state index < -0.39 is 10.0 Å². The first-order chi connectivity index (χ1) is 8.49. The van der Waals surface area contributed by atoms with E-state index in [0.29, 0.717) is 0 Å². The Labute approximate surface area is 121 Å². The second-order valence-electron chi connectivity index (χ2n) is 4.00. The van der Waals surface area contributed by atoms with Crippen LogP contribution in [0.4, 0.5) is 0 Å². The molecule has 0 saturated heterocycles. The van der Waals surface area contributed by atoms with Crippen LogP contribution in [0.3, 0.4) is 0 Å². The molecule has 3 nitrogen and oxygen atoms in total. The van der Waals surface area contributed by atoms with Crippen molar-refractivity contribution in [2.24, 2.45) is 10.3 Å². The molecular weight excluding hydrogens is 361 g/mol. The standard InChI is InChI=1S/C13H12INO2S/c1-10-5-7-12(8-6-10)18(16,17)15-9-11-3-2-4-13(11)14/h2-9,11H,1H3/b15-9+. The number of rotatable bonds is 3. The molecule has 1 aromatic carbocycles. The first-order valence-electron chi connectivity index (χ1n) is 5.40. The van der Waals surface area contributed by atoms with Crippen LogP contribution in [-0.2, 0) is 10.0 Å². The van der Waals surface area contributed by atoms with Gasteiger partial charge in [0.15, 0.2) is 0 Å². The third-order valence-electron chi connectivity index (χ3n) is 2.57. The summed E-state index contributed by atoms with van der Waals surface area (Å²) >= 11 is 2.18. The summed E-state index contributed by atoms with van der Waals surface area (Å²) in [4.78, 5) is 0.227. The Balaban J connectivity index is 2.22. The highest BCUT2D eigenvalue weighted by atomic mass is 127. The molecule has 18 heavy (non-hydrogen) atoms. The van der Waals surface area contributed by atoms with Crippen molar-refractivity contribution in [3.63, 3.8) is 0 Å². The van der Waals surface area contributed by atoms with Crippen molar-refractivity contribution in [2.75, 3.05) is 0 Å². The summed E-state index contributed by atoms with van der Waals surface area (Å²) in [7, 11) is -3.58. The van der Waals surface area contributed by atoms with E-state index >= 15 is 0 Å². The lowest BCUT2D eigenvalue weighted by Crippen LogP contribution is -2.01. The van der Waals surface area contributed by atoms with Crippen LogP contribution >= 0.6 is 22.6 Å². The van der Waals surface area contributed by atoms with E-state index in [4.69, 9.17) is 0 Å². The normalized spacial score (nSPS) is 19.4. The van der Waals surface area contributed by atoms with E-state index in [1.54, 1.807) is 24.3 Å².